The third kappa shape index (κ3) is 4.64. The zero-order valence-corrected chi connectivity index (χ0v) is 13.8. The van der Waals surface area contributed by atoms with Crippen LogP contribution in [0.2, 0.25) is 0 Å². The van der Waals surface area contributed by atoms with Crippen LogP contribution in [0.1, 0.15) is 5.56 Å². The molecule has 1 heterocycles. The van der Waals surface area contributed by atoms with E-state index >= 15 is 0 Å². The van der Waals surface area contributed by atoms with Crippen LogP contribution in [0.4, 0.5) is 0 Å². The summed E-state index contributed by atoms with van der Waals surface area (Å²) in [5.74, 6) is -0.0709. The summed E-state index contributed by atoms with van der Waals surface area (Å²) in [5.41, 5.74) is 2.46. The highest BCUT2D eigenvalue weighted by atomic mass is 16.1. The molecule has 0 fully saturated rings. The van der Waals surface area contributed by atoms with Crippen molar-refractivity contribution in [2.45, 2.75) is 13.0 Å². The molecule has 5 nitrogen and oxygen atoms in total. The first-order valence-corrected chi connectivity index (χ1v) is 8.16. The lowest BCUT2D eigenvalue weighted by Gasteiger charge is -2.08. The number of nitrogens with one attached hydrogen (secondary N) is 1. The normalized spacial score (nSPS) is 10.4. The van der Waals surface area contributed by atoms with Crippen molar-refractivity contribution in [1.82, 2.24) is 15.1 Å². The Bertz CT molecular complexity index is 890. The summed E-state index contributed by atoms with van der Waals surface area (Å²) < 4.78 is 1.38. The lowest BCUT2D eigenvalue weighted by Crippen LogP contribution is -2.32. The minimum Gasteiger partial charge on any atom is -0.354 e. The molecule has 0 saturated carbocycles. The van der Waals surface area contributed by atoms with E-state index < -0.39 is 0 Å². The fourth-order valence-corrected chi connectivity index (χ4v) is 2.52. The third-order valence-electron chi connectivity index (χ3n) is 3.79. The van der Waals surface area contributed by atoms with Gasteiger partial charge in [0.1, 0.15) is 0 Å². The van der Waals surface area contributed by atoms with E-state index in [-0.39, 0.29) is 11.5 Å². The molecular weight excluding hydrogens is 314 g/mol. The van der Waals surface area contributed by atoms with Gasteiger partial charge in [0.15, 0.2) is 0 Å². The van der Waals surface area contributed by atoms with Crippen LogP contribution in [-0.4, -0.2) is 22.2 Å². The average molecular weight is 333 g/mol. The van der Waals surface area contributed by atoms with E-state index in [2.05, 4.69) is 10.4 Å². The van der Waals surface area contributed by atoms with Crippen LogP contribution in [0.5, 0.6) is 0 Å². The van der Waals surface area contributed by atoms with Crippen LogP contribution in [0.3, 0.4) is 0 Å². The maximum absolute atomic E-state index is 12.0. The maximum Gasteiger partial charge on any atom is 0.266 e. The van der Waals surface area contributed by atoms with Crippen molar-refractivity contribution in [3.63, 3.8) is 0 Å². The van der Waals surface area contributed by atoms with Crippen LogP contribution < -0.4 is 10.9 Å². The molecular formula is C20H19N3O2. The van der Waals surface area contributed by atoms with Gasteiger partial charge in [0.2, 0.25) is 5.91 Å². The van der Waals surface area contributed by atoms with Crippen molar-refractivity contribution in [3.8, 4) is 11.3 Å². The van der Waals surface area contributed by atoms with Gasteiger partial charge in [-0.25, -0.2) is 4.68 Å². The number of amides is 1. The highest BCUT2D eigenvalue weighted by molar-refractivity contribution is 5.78. The van der Waals surface area contributed by atoms with E-state index in [0.717, 1.165) is 16.8 Å². The first-order valence-electron chi connectivity index (χ1n) is 8.16. The number of carbonyl (C=O) groups is 1. The molecule has 3 aromatic rings. The Kier molecular flexibility index (Phi) is 5.36. The van der Waals surface area contributed by atoms with Crippen molar-refractivity contribution in [1.29, 1.82) is 0 Å². The summed E-state index contributed by atoms with van der Waals surface area (Å²) in [5, 5.41) is 7.20. The van der Waals surface area contributed by atoms with E-state index in [1.807, 2.05) is 60.7 Å². The molecule has 0 spiro atoms. The lowest BCUT2D eigenvalue weighted by atomic mass is 10.1. The number of carbonyl (C=O) groups excluding carboxylic acids is 1. The maximum atomic E-state index is 12.0. The summed E-state index contributed by atoms with van der Waals surface area (Å²) in [6.07, 6.45) is 0.327. The standard InChI is InChI=1S/C20H19N3O2/c24-19(15-16-7-3-1-4-8-16)21-13-14-23-20(25)12-11-18(22-23)17-9-5-2-6-10-17/h1-12H,13-15H2,(H,21,24). The van der Waals surface area contributed by atoms with Gasteiger partial charge in [0.25, 0.3) is 5.56 Å². The molecule has 0 aliphatic heterocycles. The molecule has 0 saturated heterocycles. The fourth-order valence-electron chi connectivity index (χ4n) is 2.52. The molecule has 1 N–H and O–H groups in total. The molecule has 2 aromatic carbocycles. The monoisotopic (exact) mass is 333 g/mol. The number of hydrogen-bond donors (Lipinski definition) is 1. The van der Waals surface area contributed by atoms with Gasteiger partial charge in [-0.05, 0) is 11.6 Å². The number of benzene rings is 2. The molecule has 0 bridgehead atoms. The highest BCUT2D eigenvalue weighted by Crippen LogP contribution is 2.13. The van der Waals surface area contributed by atoms with Gasteiger partial charge < -0.3 is 5.32 Å². The van der Waals surface area contributed by atoms with E-state index in [0.29, 0.717) is 19.5 Å². The van der Waals surface area contributed by atoms with E-state index in [9.17, 15) is 9.59 Å². The molecule has 1 aromatic heterocycles. The second kappa shape index (κ2) is 8.06. The summed E-state index contributed by atoms with van der Waals surface area (Å²) in [6.45, 7) is 0.691. The van der Waals surface area contributed by atoms with Gasteiger partial charge in [0.05, 0.1) is 18.7 Å². The molecule has 25 heavy (non-hydrogen) atoms. The summed E-state index contributed by atoms with van der Waals surface area (Å²) in [4.78, 5) is 23.9. The Morgan fingerprint density at radius 2 is 1.60 bits per heavy atom. The molecule has 3 rings (SSSR count). The van der Waals surface area contributed by atoms with Crippen molar-refractivity contribution in [3.05, 3.63) is 88.7 Å². The molecule has 0 aliphatic carbocycles. The Morgan fingerprint density at radius 3 is 2.32 bits per heavy atom. The molecule has 0 atom stereocenters. The Balaban J connectivity index is 1.59. The lowest BCUT2D eigenvalue weighted by molar-refractivity contribution is -0.120. The third-order valence-corrected chi connectivity index (χ3v) is 3.79. The Labute approximate surface area is 145 Å². The zero-order chi connectivity index (χ0) is 17.5. The number of hydrogen-bond acceptors (Lipinski definition) is 3. The van der Waals surface area contributed by atoms with Crippen LogP contribution >= 0.6 is 0 Å². The topological polar surface area (TPSA) is 64.0 Å². The van der Waals surface area contributed by atoms with Gasteiger partial charge >= 0.3 is 0 Å². The molecule has 126 valence electrons. The van der Waals surface area contributed by atoms with Gasteiger partial charge in [-0.15, -0.1) is 0 Å². The second-order valence-corrected chi connectivity index (χ2v) is 5.66. The van der Waals surface area contributed by atoms with E-state index in [1.165, 1.54) is 10.7 Å². The smallest absolute Gasteiger partial charge is 0.266 e. The predicted octanol–water partition coefficient (Wildman–Crippen LogP) is 2.27. The van der Waals surface area contributed by atoms with Crippen LogP contribution in [0, 0.1) is 0 Å². The van der Waals surface area contributed by atoms with Crippen molar-refractivity contribution in [2.24, 2.45) is 0 Å². The first-order chi connectivity index (χ1) is 12.2. The predicted molar refractivity (Wildman–Crippen MR) is 97.1 cm³/mol. The molecule has 0 unspecified atom stereocenters. The van der Waals surface area contributed by atoms with Crippen molar-refractivity contribution in [2.75, 3.05) is 6.54 Å². The van der Waals surface area contributed by atoms with Crippen LogP contribution in [0.15, 0.2) is 77.6 Å². The van der Waals surface area contributed by atoms with Gasteiger partial charge in [0, 0.05) is 18.2 Å². The molecule has 1 amide bonds. The quantitative estimate of drug-likeness (QED) is 0.753. The minimum atomic E-state index is -0.183. The minimum absolute atomic E-state index is 0.0709. The van der Waals surface area contributed by atoms with Crippen LogP contribution in [0.25, 0.3) is 11.3 Å². The summed E-state index contributed by atoms with van der Waals surface area (Å²) >= 11 is 0. The molecule has 0 aliphatic rings. The summed E-state index contributed by atoms with van der Waals surface area (Å²) in [6, 6.07) is 22.4. The molecule has 0 radical (unpaired) electrons. The second-order valence-electron chi connectivity index (χ2n) is 5.66. The van der Waals surface area contributed by atoms with E-state index in [1.54, 1.807) is 6.07 Å². The Morgan fingerprint density at radius 1 is 0.920 bits per heavy atom. The highest BCUT2D eigenvalue weighted by Gasteiger charge is 2.05. The largest absolute Gasteiger partial charge is 0.354 e. The number of nitrogens with zero attached hydrogens (tertiary/aromatic N) is 2. The van der Waals surface area contributed by atoms with E-state index in [4.69, 9.17) is 0 Å². The van der Waals surface area contributed by atoms with Crippen molar-refractivity contribution >= 4 is 5.91 Å². The number of aromatic nitrogens is 2. The van der Waals surface area contributed by atoms with Gasteiger partial charge in [-0.3, -0.25) is 9.59 Å². The molecule has 5 heteroatoms. The van der Waals surface area contributed by atoms with Gasteiger partial charge in [-0.2, -0.15) is 5.10 Å². The zero-order valence-electron chi connectivity index (χ0n) is 13.8. The van der Waals surface area contributed by atoms with Gasteiger partial charge in [-0.1, -0.05) is 60.7 Å². The average Bonchev–Trinajstić information content (AvgIpc) is 2.65. The van der Waals surface area contributed by atoms with Crippen LogP contribution in [-0.2, 0) is 17.8 Å². The SMILES string of the molecule is O=C(Cc1ccccc1)NCCn1nc(-c2ccccc2)ccc1=O. The fraction of sp³-hybridized carbons (Fsp3) is 0.150. The van der Waals surface area contributed by atoms with Crippen molar-refractivity contribution < 1.29 is 4.79 Å². The first kappa shape index (κ1) is 16.6. The Hall–Kier alpha value is -3.21. The number of rotatable bonds is 6. The summed E-state index contributed by atoms with van der Waals surface area (Å²) in [7, 11) is 0.